The lowest BCUT2D eigenvalue weighted by molar-refractivity contribution is 0.109. The molecule has 8 heteroatoms. The Hall–Kier alpha value is -3.62. The van der Waals surface area contributed by atoms with Crippen LogP contribution in [-0.2, 0) is 15.0 Å². The monoisotopic (exact) mass is 461 g/mol. The molecule has 4 heterocycles. The summed E-state index contributed by atoms with van der Waals surface area (Å²) in [5.74, 6) is 0.220. The molecule has 3 aliphatic heterocycles. The van der Waals surface area contributed by atoms with Gasteiger partial charge in [0.15, 0.2) is 0 Å². The number of hydrogen-bond acceptors (Lipinski definition) is 6. The molecule has 34 heavy (non-hydrogen) atoms. The van der Waals surface area contributed by atoms with E-state index < -0.39 is 17.2 Å². The second-order valence-corrected chi connectivity index (χ2v) is 8.52. The van der Waals surface area contributed by atoms with Gasteiger partial charge in [-0.15, -0.1) is 0 Å². The first-order valence-electron chi connectivity index (χ1n) is 11.0. The first kappa shape index (κ1) is 20.9. The van der Waals surface area contributed by atoms with Gasteiger partial charge in [-0.3, -0.25) is 4.99 Å². The Bertz CT molecular complexity index is 1370. The summed E-state index contributed by atoms with van der Waals surface area (Å²) in [6.45, 7) is 1.61. The topological polar surface area (TPSA) is 79.0 Å². The molecule has 172 valence electrons. The minimum Gasteiger partial charge on any atom is -0.438 e. The number of halogens is 2. The Kier molecular flexibility index (Phi) is 4.93. The smallest absolute Gasteiger partial charge is 0.225 e. The van der Waals surface area contributed by atoms with Crippen LogP contribution in [0, 0.1) is 11.6 Å². The molecular weight excluding hydrogens is 440 g/mol. The van der Waals surface area contributed by atoms with Gasteiger partial charge >= 0.3 is 0 Å². The van der Waals surface area contributed by atoms with Gasteiger partial charge in [-0.25, -0.2) is 13.8 Å². The van der Waals surface area contributed by atoms with Gasteiger partial charge < -0.3 is 19.9 Å². The van der Waals surface area contributed by atoms with Crippen molar-refractivity contribution in [2.75, 3.05) is 26.4 Å². The highest BCUT2D eigenvalue weighted by atomic mass is 19.1. The van der Waals surface area contributed by atoms with Crippen LogP contribution in [0.1, 0.15) is 23.1 Å². The Morgan fingerprint density at radius 2 is 1.85 bits per heavy atom. The van der Waals surface area contributed by atoms with Crippen LogP contribution in [-0.4, -0.2) is 37.2 Å². The number of nitrogens with two attached hydrogens (primary N) is 1. The Morgan fingerprint density at radius 1 is 0.971 bits per heavy atom. The van der Waals surface area contributed by atoms with Crippen molar-refractivity contribution in [2.45, 2.75) is 12.0 Å². The zero-order valence-corrected chi connectivity index (χ0v) is 18.2. The molecule has 1 atom stereocenters. The molecule has 0 unspecified atom stereocenters. The third-order valence-electron chi connectivity index (χ3n) is 6.40. The van der Waals surface area contributed by atoms with E-state index in [4.69, 9.17) is 24.9 Å². The number of nitrogens with zero attached hydrogens (tertiary/aromatic N) is 2. The summed E-state index contributed by atoms with van der Waals surface area (Å²) < 4.78 is 45.9. The number of amidine groups is 1. The number of ether oxygens (including phenoxy) is 3. The molecular formula is C26H21F2N3O3. The zero-order chi connectivity index (χ0) is 23.3. The first-order chi connectivity index (χ1) is 16.5. The highest BCUT2D eigenvalue weighted by Gasteiger charge is 2.46. The minimum absolute atomic E-state index is 0.150. The first-order valence-corrected chi connectivity index (χ1v) is 11.0. The molecule has 3 aromatic rings. The van der Waals surface area contributed by atoms with Gasteiger partial charge in [0.1, 0.15) is 35.4 Å². The van der Waals surface area contributed by atoms with Crippen molar-refractivity contribution in [1.82, 2.24) is 4.98 Å². The van der Waals surface area contributed by atoms with E-state index in [0.29, 0.717) is 47.4 Å². The summed E-state index contributed by atoms with van der Waals surface area (Å²) in [7, 11) is 0. The van der Waals surface area contributed by atoms with Gasteiger partial charge in [0, 0.05) is 22.9 Å². The van der Waals surface area contributed by atoms with Crippen molar-refractivity contribution in [1.29, 1.82) is 0 Å². The molecule has 1 spiro atoms. The lowest BCUT2D eigenvalue weighted by Gasteiger charge is -2.39. The number of benzene rings is 2. The maximum atomic E-state index is 14.6. The summed E-state index contributed by atoms with van der Waals surface area (Å²) in [5.41, 5.74) is 9.22. The van der Waals surface area contributed by atoms with Gasteiger partial charge in [0.05, 0.1) is 19.8 Å². The predicted octanol–water partition coefficient (Wildman–Crippen LogP) is 4.57. The van der Waals surface area contributed by atoms with Crippen LogP contribution < -0.4 is 10.5 Å². The van der Waals surface area contributed by atoms with E-state index in [2.05, 4.69) is 4.98 Å². The molecule has 0 saturated carbocycles. The maximum Gasteiger partial charge on any atom is 0.225 e. The molecule has 0 fully saturated rings. The van der Waals surface area contributed by atoms with Gasteiger partial charge in [-0.05, 0) is 59.5 Å². The fourth-order valence-corrected chi connectivity index (χ4v) is 4.76. The molecule has 2 N–H and O–H groups in total. The highest BCUT2D eigenvalue weighted by molar-refractivity contribution is 5.84. The molecule has 3 aliphatic rings. The largest absolute Gasteiger partial charge is 0.438 e. The number of hydrogen-bond donors (Lipinski definition) is 1. The third-order valence-corrected chi connectivity index (χ3v) is 6.40. The molecule has 0 amide bonds. The van der Waals surface area contributed by atoms with Gasteiger partial charge in [-0.1, -0.05) is 12.1 Å². The summed E-state index contributed by atoms with van der Waals surface area (Å²) >= 11 is 0. The van der Waals surface area contributed by atoms with Crippen molar-refractivity contribution >= 4 is 11.4 Å². The predicted molar refractivity (Wildman–Crippen MR) is 123 cm³/mol. The molecule has 2 aromatic carbocycles. The average Bonchev–Trinajstić information content (AvgIpc) is 2.86. The summed E-state index contributed by atoms with van der Waals surface area (Å²) in [4.78, 5) is 9.45. The second-order valence-electron chi connectivity index (χ2n) is 8.52. The third kappa shape index (κ3) is 3.38. The summed E-state index contributed by atoms with van der Waals surface area (Å²) in [6.07, 6.45) is 4.59. The number of aliphatic imine (C=N–C) groups is 1. The number of pyridine rings is 1. The van der Waals surface area contributed by atoms with E-state index in [1.807, 2.05) is 12.1 Å². The van der Waals surface area contributed by atoms with Gasteiger partial charge in [0.2, 0.25) is 5.88 Å². The van der Waals surface area contributed by atoms with Crippen molar-refractivity contribution < 1.29 is 23.0 Å². The van der Waals surface area contributed by atoms with Crippen LogP contribution in [0.25, 0.3) is 16.7 Å². The number of aromatic nitrogens is 1. The molecule has 0 saturated heterocycles. The average molecular weight is 461 g/mol. The summed E-state index contributed by atoms with van der Waals surface area (Å²) in [6, 6.07) is 10.6. The van der Waals surface area contributed by atoms with Gasteiger partial charge in [0.25, 0.3) is 0 Å². The normalized spacial score (nSPS) is 21.2. The van der Waals surface area contributed by atoms with Crippen LogP contribution in [0.5, 0.6) is 11.6 Å². The lowest BCUT2D eigenvalue weighted by atomic mass is 9.79. The van der Waals surface area contributed by atoms with Crippen LogP contribution in [0.3, 0.4) is 0 Å². The van der Waals surface area contributed by atoms with Crippen molar-refractivity contribution in [3.05, 3.63) is 83.1 Å². The number of fused-ring (bicyclic) bond motifs is 4. The second kappa shape index (κ2) is 8.00. The lowest BCUT2D eigenvalue weighted by Crippen LogP contribution is -2.42. The van der Waals surface area contributed by atoms with Crippen molar-refractivity contribution in [3.8, 4) is 22.8 Å². The van der Waals surface area contributed by atoms with E-state index in [1.54, 1.807) is 24.4 Å². The Morgan fingerprint density at radius 3 is 2.68 bits per heavy atom. The van der Waals surface area contributed by atoms with Crippen LogP contribution in [0.2, 0.25) is 0 Å². The van der Waals surface area contributed by atoms with Crippen molar-refractivity contribution in [3.63, 3.8) is 0 Å². The quantitative estimate of drug-likeness (QED) is 0.605. The molecule has 0 radical (unpaired) electrons. The molecule has 1 aromatic heterocycles. The molecule has 0 bridgehead atoms. The fourth-order valence-electron chi connectivity index (χ4n) is 4.76. The SMILES string of the molecule is NC1=N[C@@]2(COC1)c1cc(-c3cc(F)ccc3F)ccc1Oc1ncc(C3=CCOCC3)cc12. The molecule has 6 rings (SSSR count). The standard InChI is InChI=1S/C26H21F2N3O3/c27-18-2-3-22(28)19(11-18)16-1-4-23-20(9-16)26(14-33-13-24(29)31-26)21-10-17(12-30-25(21)34-23)15-5-7-32-8-6-15/h1-5,9-12H,6-8,13-14H2,(H2,29,31)/t26-/m0/s1. The zero-order valence-electron chi connectivity index (χ0n) is 18.2. The minimum atomic E-state index is -1.03. The Labute approximate surface area is 194 Å². The maximum absolute atomic E-state index is 14.6. The van der Waals surface area contributed by atoms with E-state index in [0.717, 1.165) is 29.7 Å². The van der Waals surface area contributed by atoms with E-state index in [1.165, 1.54) is 6.07 Å². The highest BCUT2D eigenvalue weighted by Crippen LogP contribution is 2.51. The fraction of sp³-hybridized carbons (Fsp3) is 0.231. The van der Waals surface area contributed by atoms with E-state index in [-0.39, 0.29) is 18.8 Å². The van der Waals surface area contributed by atoms with Crippen LogP contribution in [0.4, 0.5) is 8.78 Å². The molecule has 0 aliphatic carbocycles. The van der Waals surface area contributed by atoms with Crippen LogP contribution in [0.15, 0.2) is 59.7 Å². The summed E-state index contributed by atoms with van der Waals surface area (Å²) in [5, 5.41) is 0. The van der Waals surface area contributed by atoms with E-state index >= 15 is 0 Å². The van der Waals surface area contributed by atoms with Gasteiger partial charge in [-0.2, -0.15) is 0 Å². The molecule has 6 nitrogen and oxygen atoms in total. The Balaban J connectivity index is 1.56. The van der Waals surface area contributed by atoms with E-state index in [9.17, 15) is 8.78 Å². The van der Waals surface area contributed by atoms with Crippen LogP contribution >= 0.6 is 0 Å². The number of rotatable bonds is 2. The van der Waals surface area contributed by atoms with Crippen molar-refractivity contribution in [2.24, 2.45) is 10.7 Å².